The number of hydrogen-bond acceptors (Lipinski definition) is 1. The quantitative estimate of drug-likeness (QED) is 0.743. The molecule has 0 fully saturated rings. The first-order valence-corrected chi connectivity index (χ1v) is 6.51. The van der Waals surface area contributed by atoms with Gasteiger partial charge in [-0.1, -0.05) is 52.0 Å². The van der Waals surface area contributed by atoms with Crippen LogP contribution >= 0.6 is 0 Å². The van der Waals surface area contributed by atoms with Gasteiger partial charge < -0.3 is 0 Å². The molecule has 0 spiro atoms. The largest absolute Gasteiger partial charge is 0.300 e. The molecule has 0 aliphatic heterocycles. The summed E-state index contributed by atoms with van der Waals surface area (Å²) >= 11 is 0. The lowest BCUT2D eigenvalue weighted by atomic mass is 9.86. The number of benzene rings is 1. The standard InChI is InChI=1S/C16H24O/c1-11(2)15-8-6-14(7-9-15)10-16(12(3)4)13(5)17/h6-9,11-12,16H,10H2,1-5H3/t16-/m0/s1. The van der Waals surface area contributed by atoms with Gasteiger partial charge in [0.05, 0.1) is 0 Å². The van der Waals surface area contributed by atoms with Gasteiger partial charge in [-0.2, -0.15) is 0 Å². The molecule has 0 heterocycles. The molecular weight excluding hydrogens is 208 g/mol. The minimum absolute atomic E-state index is 0.153. The Morgan fingerprint density at radius 1 is 1.06 bits per heavy atom. The Kier molecular flexibility index (Phi) is 4.92. The lowest BCUT2D eigenvalue weighted by molar-refractivity contribution is -0.121. The first kappa shape index (κ1) is 14.0. The predicted octanol–water partition coefficient (Wildman–Crippen LogP) is 4.21. The number of rotatable bonds is 5. The van der Waals surface area contributed by atoms with E-state index in [1.54, 1.807) is 6.92 Å². The van der Waals surface area contributed by atoms with Crippen LogP contribution in [0, 0.1) is 11.8 Å². The van der Waals surface area contributed by atoms with Crippen LogP contribution in [0.2, 0.25) is 0 Å². The zero-order valence-electron chi connectivity index (χ0n) is 11.7. The van der Waals surface area contributed by atoms with E-state index in [0.717, 1.165) is 6.42 Å². The fourth-order valence-corrected chi connectivity index (χ4v) is 2.14. The van der Waals surface area contributed by atoms with Crippen LogP contribution in [0.3, 0.4) is 0 Å². The summed E-state index contributed by atoms with van der Waals surface area (Å²) in [4.78, 5) is 11.6. The maximum Gasteiger partial charge on any atom is 0.133 e. The van der Waals surface area contributed by atoms with Crippen LogP contribution in [-0.2, 0) is 11.2 Å². The second kappa shape index (κ2) is 6.00. The molecule has 17 heavy (non-hydrogen) atoms. The summed E-state index contributed by atoms with van der Waals surface area (Å²) in [5.74, 6) is 1.43. The number of ketones is 1. The van der Waals surface area contributed by atoms with Crippen molar-refractivity contribution in [2.75, 3.05) is 0 Å². The van der Waals surface area contributed by atoms with Crippen molar-refractivity contribution in [3.05, 3.63) is 35.4 Å². The van der Waals surface area contributed by atoms with Crippen LogP contribution in [0.5, 0.6) is 0 Å². The highest BCUT2D eigenvalue weighted by Crippen LogP contribution is 2.20. The molecule has 0 radical (unpaired) electrons. The summed E-state index contributed by atoms with van der Waals surface area (Å²) in [6.07, 6.45) is 0.866. The lowest BCUT2D eigenvalue weighted by Gasteiger charge is -2.18. The summed E-state index contributed by atoms with van der Waals surface area (Å²) in [6, 6.07) is 8.68. The van der Waals surface area contributed by atoms with E-state index in [0.29, 0.717) is 17.6 Å². The van der Waals surface area contributed by atoms with Crippen molar-refractivity contribution >= 4 is 5.78 Å². The first-order chi connectivity index (χ1) is 7.91. The van der Waals surface area contributed by atoms with E-state index in [2.05, 4.69) is 52.0 Å². The summed E-state index contributed by atoms with van der Waals surface area (Å²) in [6.45, 7) is 10.3. The van der Waals surface area contributed by atoms with Crippen molar-refractivity contribution in [3.8, 4) is 0 Å². The van der Waals surface area contributed by atoms with Gasteiger partial charge in [-0.25, -0.2) is 0 Å². The first-order valence-electron chi connectivity index (χ1n) is 6.51. The number of carbonyl (C=O) groups is 1. The van der Waals surface area contributed by atoms with Crippen molar-refractivity contribution in [1.29, 1.82) is 0 Å². The van der Waals surface area contributed by atoms with Crippen LogP contribution in [-0.4, -0.2) is 5.78 Å². The molecule has 1 atom stereocenters. The zero-order chi connectivity index (χ0) is 13.0. The van der Waals surface area contributed by atoms with Gasteiger partial charge in [0.25, 0.3) is 0 Å². The average molecular weight is 232 g/mol. The smallest absolute Gasteiger partial charge is 0.133 e. The number of carbonyl (C=O) groups excluding carboxylic acids is 1. The third-order valence-electron chi connectivity index (χ3n) is 3.43. The molecule has 1 heteroatoms. The van der Waals surface area contributed by atoms with Crippen LogP contribution < -0.4 is 0 Å². The minimum atomic E-state index is 0.153. The van der Waals surface area contributed by atoms with E-state index in [4.69, 9.17) is 0 Å². The highest BCUT2D eigenvalue weighted by Gasteiger charge is 2.18. The molecule has 0 amide bonds. The summed E-state index contributed by atoms with van der Waals surface area (Å²) < 4.78 is 0. The van der Waals surface area contributed by atoms with Gasteiger partial charge in [-0.15, -0.1) is 0 Å². The second-order valence-corrected chi connectivity index (χ2v) is 5.56. The van der Waals surface area contributed by atoms with E-state index < -0.39 is 0 Å². The molecule has 1 rings (SSSR count). The monoisotopic (exact) mass is 232 g/mol. The average Bonchev–Trinajstić information content (AvgIpc) is 2.25. The SMILES string of the molecule is CC(=O)[C@@H](Cc1ccc(C(C)C)cc1)C(C)C. The number of Topliss-reactive ketones (excluding diaryl/α,β-unsaturated/α-hetero) is 1. The molecule has 1 aromatic rings. The van der Waals surface area contributed by atoms with Gasteiger partial charge in [-0.3, -0.25) is 4.79 Å². The molecule has 0 saturated heterocycles. The van der Waals surface area contributed by atoms with E-state index >= 15 is 0 Å². The zero-order valence-corrected chi connectivity index (χ0v) is 11.7. The molecule has 0 N–H and O–H groups in total. The topological polar surface area (TPSA) is 17.1 Å². The molecule has 0 aliphatic carbocycles. The third-order valence-corrected chi connectivity index (χ3v) is 3.43. The van der Waals surface area contributed by atoms with Crippen molar-refractivity contribution in [1.82, 2.24) is 0 Å². The molecule has 1 nitrogen and oxygen atoms in total. The maximum absolute atomic E-state index is 11.6. The Bertz CT molecular complexity index is 360. The van der Waals surface area contributed by atoms with E-state index in [1.165, 1.54) is 11.1 Å². The van der Waals surface area contributed by atoms with Crippen molar-refractivity contribution in [2.45, 2.75) is 47.0 Å². The highest BCUT2D eigenvalue weighted by molar-refractivity contribution is 5.78. The van der Waals surface area contributed by atoms with Gasteiger partial charge in [0.1, 0.15) is 5.78 Å². The Morgan fingerprint density at radius 2 is 1.59 bits per heavy atom. The third kappa shape index (κ3) is 3.99. The predicted molar refractivity (Wildman–Crippen MR) is 73.2 cm³/mol. The van der Waals surface area contributed by atoms with Gasteiger partial charge in [0.15, 0.2) is 0 Å². The molecule has 0 aliphatic rings. The molecule has 94 valence electrons. The van der Waals surface area contributed by atoms with Gasteiger partial charge in [0, 0.05) is 5.92 Å². The van der Waals surface area contributed by atoms with Crippen molar-refractivity contribution < 1.29 is 4.79 Å². The fourth-order valence-electron chi connectivity index (χ4n) is 2.14. The minimum Gasteiger partial charge on any atom is -0.300 e. The highest BCUT2D eigenvalue weighted by atomic mass is 16.1. The summed E-state index contributed by atoms with van der Waals surface area (Å²) in [5.41, 5.74) is 2.63. The normalized spacial score (nSPS) is 13.1. The van der Waals surface area contributed by atoms with Gasteiger partial charge >= 0.3 is 0 Å². The maximum atomic E-state index is 11.6. The molecule has 0 unspecified atom stereocenters. The van der Waals surface area contributed by atoms with Gasteiger partial charge in [0.2, 0.25) is 0 Å². The molecule has 0 bridgehead atoms. The van der Waals surface area contributed by atoms with Crippen LogP contribution in [0.4, 0.5) is 0 Å². The van der Waals surface area contributed by atoms with E-state index in [1.807, 2.05) is 0 Å². The second-order valence-electron chi connectivity index (χ2n) is 5.56. The molecule has 0 aromatic heterocycles. The summed E-state index contributed by atoms with van der Waals surface area (Å²) in [7, 11) is 0. The van der Waals surface area contributed by atoms with E-state index in [9.17, 15) is 4.79 Å². The Balaban J connectivity index is 2.77. The molecule has 0 saturated carbocycles. The Labute approximate surface area is 105 Å². The fraction of sp³-hybridized carbons (Fsp3) is 0.562. The molecular formula is C16H24O. The van der Waals surface area contributed by atoms with E-state index in [-0.39, 0.29) is 5.92 Å². The Morgan fingerprint density at radius 3 is 1.94 bits per heavy atom. The van der Waals surface area contributed by atoms with Crippen LogP contribution in [0.15, 0.2) is 24.3 Å². The van der Waals surface area contributed by atoms with Crippen LogP contribution in [0.25, 0.3) is 0 Å². The number of hydrogen-bond donors (Lipinski definition) is 0. The van der Waals surface area contributed by atoms with Crippen LogP contribution in [0.1, 0.15) is 51.7 Å². The lowest BCUT2D eigenvalue weighted by Crippen LogP contribution is -2.20. The van der Waals surface area contributed by atoms with Crippen molar-refractivity contribution in [2.24, 2.45) is 11.8 Å². The Hall–Kier alpha value is -1.11. The van der Waals surface area contributed by atoms with Gasteiger partial charge in [-0.05, 0) is 36.3 Å². The summed E-state index contributed by atoms with van der Waals surface area (Å²) in [5, 5.41) is 0. The van der Waals surface area contributed by atoms with Crippen molar-refractivity contribution in [3.63, 3.8) is 0 Å². The molecule has 1 aromatic carbocycles.